The second-order valence-corrected chi connectivity index (χ2v) is 3.80. The molecule has 1 heterocycles. The van der Waals surface area contributed by atoms with E-state index in [0.29, 0.717) is 16.7 Å². The third-order valence-corrected chi connectivity index (χ3v) is 2.61. The van der Waals surface area contributed by atoms with Crippen LogP contribution in [0.5, 0.6) is 0 Å². The molecule has 1 atom stereocenters. The zero-order valence-corrected chi connectivity index (χ0v) is 9.51. The van der Waals surface area contributed by atoms with Crippen molar-refractivity contribution in [3.05, 3.63) is 22.2 Å². The Balaban J connectivity index is 2.57. The number of hydrogen-bond donors (Lipinski definition) is 1. The number of nitro groups is 1. The van der Waals surface area contributed by atoms with Crippen LogP contribution in [0.1, 0.15) is 20.3 Å². The lowest BCUT2D eigenvalue weighted by Gasteiger charge is -2.12. The van der Waals surface area contributed by atoms with Gasteiger partial charge in [0.2, 0.25) is 0 Å². The zero-order chi connectivity index (χ0) is 12.4. The number of fused-ring (bicyclic) bond motifs is 1. The number of aromatic nitrogens is 2. The molecule has 0 saturated heterocycles. The Morgan fingerprint density at radius 3 is 2.94 bits per heavy atom. The van der Waals surface area contributed by atoms with Crippen LogP contribution in [0.25, 0.3) is 11.0 Å². The van der Waals surface area contributed by atoms with Gasteiger partial charge in [-0.25, -0.2) is 4.63 Å². The van der Waals surface area contributed by atoms with Crippen molar-refractivity contribution in [2.24, 2.45) is 0 Å². The van der Waals surface area contributed by atoms with Gasteiger partial charge in [-0.3, -0.25) is 10.1 Å². The van der Waals surface area contributed by atoms with E-state index in [0.717, 1.165) is 6.42 Å². The minimum atomic E-state index is -0.446. The Bertz CT molecular complexity index is 551. The molecule has 2 rings (SSSR count). The molecule has 0 radical (unpaired) electrons. The van der Waals surface area contributed by atoms with Crippen molar-refractivity contribution in [2.45, 2.75) is 26.3 Å². The van der Waals surface area contributed by atoms with Crippen LogP contribution in [-0.4, -0.2) is 21.3 Å². The van der Waals surface area contributed by atoms with E-state index in [1.807, 2.05) is 13.8 Å². The Morgan fingerprint density at radius 1 is 1.53 bits per heavy atom. The second-order valence-electron chi connectivity index (χ2n) is 3.80. The Morgan fingerprint density at radius 2 is 2.29 bits per heavy atom. The predicted octanol–water partition coefficient (Wildman–Crippen LogP) is 2.34. The van der Waals surface area contributed by atoms with Crippen molar-refractivity contribution >= 4 is 22.4 Å². The zero-order valence-electron chi connectivity index (χ0n) is 9.51. The molecular weight excluding hydrogens is 224 g/mol. The van der Waals surface area contributed by atoms with Gasteiger partial charge in [0.25, 0.3) is 5.69 Å². The van der Waals surface area contributed by atoms with Gasteiger partial charge in [-0.1, -0.05) is 6.92 Å². The number of anilines is 1. The lowest BCUT2D eigenvalue weighted by molar-refractivity contribution is -0.383. The number of benzene rings is 1. The molecule has 1 N–H and O–H groups in total. The first-order valence-electron chi connectivity index (χ1n) is 5.29. The molecule has 0 aliphatic rings. The third-order valence-electron chi connectivity index (χ3n) is 2.61. The molecule has 0 amide bonds. The predicted molar refractivity (Wildman–Crippen MR) is 61.8 cm³/mol. The first-order valence-corrected chi connectivity index (χ1v) is 5.29. The van der Waals surface area contributed by atoms with Gasteiger partial charge in [0, 0.05) is 12.1 Å². The molecule has 1 aromatic heterocycles. The van der Waals surface area contributed by atoms with E-state index in [1.54, 1.807) is 0 Å². The summed E-state index contributed by atoms with van der Waals surface area (Å²) in [5.41, 5.74) is 1.23. The lowest BCUT2D eigenvalue weighted by atomic mass is 10.2. The fourth-order valence-corrected chi connectivity index (χ4v) is 1.48. The fourth-order valence-electron chi connectivity index (χ4n) is 1.48. The summed E-state index contributed by atoms with van der Waals surface area (Å²) in [5.74, 6) is 0. The first-order chi connectivity index (χ1) is 8.13. The van der Waals surface area contributed by atoms with Crippen LogP contribution >= 0.6 is 0 Å². The van der Waals surface area contributed by atoms with Crippen LogP contribution < -0.4 is 5.32 Å². The lowest BCUT2D eigenvalue weighted by Crippen LogP contribution is -2.14. The van der Waals surface area contributed by atoms with E-state index >= 15 is 0 Å². The van der Waals surface area contributed by atoms with Crippen LogP contribution in [0.4, 0.5) is 11.4 Å². The van der Waals surface area contributed by atoms with Crippen LogP contribution in [-0.2, 0) is 0 Å². The maximum atomic E-state index is 10.9. The molecule has 1 aromatic carbocycles. The van der Waals surface area contributed by atoms with Gasteiger partial charge in [0.1, 0.15) is 11.2 Å². The maximum Gasteiger partial charge on any atom is 0.294 e. The summed E-state index contributed by atoms with van der Waals surface area (Å²) in [5, 5.41) is 21.4. The maximum absolute atomic E-state index is 10.9. The van der Waals surface area contributed by atoms with E-state index in [1.165, 1.54) is 12.1 Å². The molecule has 0 bridgehead atoms. The van der Waals surface area contributed by atoms with Crippen molar-refractivity contribution in [1.82, 2.24) is 10.3 Å². The number of nitro benzene ring substituents is 1. The van der Waals surface area contributed by atoms with Crippen molar-refractivity contribution in [3.63, 3.8) is 0 Å². The number of hydrogen-bond acceptors (Lipinski definition) is 6. The SMILES string of the molecule is CCC(C)Nc1c([N+](=O)[O-])ccc2nonc12. The second kappa shape index (κ2) is 4.36. The summed E-state index contributed by atoms with van der Waals surface area (Å²) >= 11 is 0. The van der Waals surface area contributed by atoms with Crippen molar-refractivity contribution in [1.29, 1.82) is 0 Å². The van der Waals surface area contributed by atoms with Gasteiger partial charge in [0.15, 0.2) is 5.52 Å². The highest BCUT2D eigenvalue weighted by Crippen LogP contribution is 2.31. The molecule has 1 unspecified atom stereocenters. The molecule has 17 heavy (non-hydrogen) atoms. The molecule has 90 valence electrons. The van der Waals surface area contributed by atoms with Crippen molar-refractivity contribution in [3.8, 4) is 0 Å². The van der Waals surface area contributed by atoms with Crippen LogP contribution in [0, 0.1) is 10.1 Å². The Labute approximate surface area is 96.9 Å². The van der Waals surface area contributed by atoms with E-state index < -0.39 is 4.92 Å². The van der Waals surface area contributed by atoms with Crippen LogP contribution in [0.2, 0.25) is 0 Å². The molecule has 0 spiro atoms. The van der Waals surface area contributed by atoms with Crippen molar-refractivity contribution < 1.29 is 9.55 Å². The van der Waals surface area contributed by atoms with Gasteiger partial charge in [-0.05, 0) is 29.7 Å². The molecule has 7 nitrogen and oxygen atoms in total. The molecular formula is C10H12N4O3. The average Bonchev–Trinajstić information content (AvgIpc) is 2.77. The number of rotatable bonds is 4. The Hall–Kier alpha value is -2.18. The summed E-state index contributed by atoms with van der Waals surface area (Å²) in [6.45, 7) is 3.93. The molecule has 2 aromatic rings. The van der Waals surface area contributed by atoms with Gasteiger partial charge < -0.3 is 5.32 Å². The summed E-state index contributed by atoms with van der Waals surface area (Å²) in [6, 6.07) is 3.03. The normalized spacial score (nSPS) is 12.6. The van der Waals surface area contributed by atoms with E-state index in [-0.39, 0.29) is 11.7 Å². The minimum absolute atomic E-state index is 0.0199. The topological polar surface area (TPSA) is 94.1 Å². The number of nitrogens with zero attached hydrogens (tertiary/aromatic N) is 3. The number of nitrogens with one attached hydrogen (secondary N) is 1. The fraction of sp³-hybridized carbons (Fsp3) is 0.400. The first kappa shape index (κ1) is 11.3. The van der Waals surface area contributed by atoms with Gasteiger partial charge in [-0.2, -0.15) is 0 Å². The summed E-state index contributed by atoms with van der Waals surface area (Å²) in [4.78, 5) is 10.5. The smallest absolute Gasteiger partial charge is 0.294 e. The van der Waals surface area contributed by atoms with Crippen LogP contribution in [0.3, 0.4) is 0 Å². The van der Waals surface area contributed by atoms with Gasteiger partial charge >= 0.3 is 0 Å². The van der Waals surface area contributed by atoms with E-state index in [4.69, 9.17) is 0 Å². The van der Waals surface area contributed by atoms with Gasteiger partial charge in [0.05, 0.1) is 4.92 Å². The molecule has 0 saturated carbocycles. The minimum Gasteiger partial charge on any atom is -0.375 e. The van der Waals surface area contributed by atoms with E-state index in [9.17, 15) is 10.1 Å². The van der Waals surface area contributed by atoms with Crippen LogP contribution in [0.15, 0.2) is 16.8 Å². The molecule has 0 aliphatic heterocycles. The largest absolute Gasteiger partial charge is 0.375 e. The van der Waals surface area contributed by atoms with E-state index in [2.05, 4.69) is 20.3 Å². The monoisotopic (exact) mass is 236 g/mol. The third kappa shape index (κ3) is 2.03. The molecule has 0 fully saturated rings. The molecule has 7 heteroatoms. The average molecular weight is 236 g/mol. The Kier molecular flexibility index (Phi) is 2.90. The van der Waals surface area contributed by atoms with Crippen molar-refractivity contribution in [2.75, 3.05) is 5.32 Å². The summed E-state index contributed by atoms with van der Waals surface area (Å²) in [7, 11) is 0. The summed E-state index contributed by atoms with van der Waals surface area (Å²) < 4.78 is 4.59. The highest BCUT2D eigenvalue weighted by molar-refractivity contribution is 5.92. The van der Waals surface area contributed by atoms with Gasteiger partial charge in [-0.15, -0.1) is 0 Å². The standard InChI is InChI=1S/C10H12N4O3/c1-3-6(2)11-10-8(14(15)16)5-4-7-9(10)13-17-12-7/h4-6,11H,3H2,1-2H3. The highest BCUT2D eigenvalue weighted by atomic mass is 16.6. The molecule has 0 aliphatic carbocycles. The summed E-state index contributed by atoms with van der Waals surface area (Å²) in [6.07, 6.45) is 0.846. The highest BCUT2D eigenvalue weighted by Gasteiger charge is 2.21. The quantitative estimate of drug-likeness (QED) is 0.646.